The number of ether oxygens (including phenoxy) is 3. The molecule has 0 fully saturated rings. The van der Waals surface area contributed by atoms with Crippen LogP contribution in [0.5, 0.6) is 11.5 Å². The highest BCUT2D eigenvalue weighted by Gasteiger charge is 2.13. The summed E-state index contributed by atoms with van der Waals surface area (Å²) in [5.41, 5.74) is 2.36. The molecule has 9 heteroatoms. The Hall–Kier alpha value is -3.10. The SMILES string of the molecule is COc1cc(/C=C/C(=O)OCC(=O)c2ccc(Cl)s2)ccc1OCc1c(C)noc1C. The third-order valence-corrected chi connectivity index (χ3v) is 5.62. The van der Waals surface area contributed by atoms with Crippen molar-refractivity contribution >= 4 is 40.8 Å². The topological polar surface area (TPSA) is 87.9 Å². The van der Waals surface area contributed by atoms with Crippen LogP contribution in [0.25, 0.3) is 6.08 Å². The number of nitrogens with zero attached hydrogens (tertiary/aromatic N) is 1. The zero-order chi connectivity index (χ0) is 22.4. The second kappa shape index (κ2) is 10.3. The van der Waals surface area contributed by atoms with Gasteiger partial charge in [-0.3, -0.25) is 4.79 Å². The highest BCUT2D eigenvalue weighted by Crippen LogP contribution is 2.30. The summed E-state index contributed by atoms with van der Waals surface area (Å²) < 4.78 is 21.8. The Bertz CT molecular complexity index is 1100. The van der Waals surface area contributed by atoms with Crippen LogP contribution in [0.15, 0.2) is 40.9 Å². The van der Waals surface area contributed by atoms with Gasteiger partial charge in [-0.2, -0.15) is 0 Å². The molecule has 0 aliphatic rings. The monoisotopic (exact) mass is 461 g/mol. The first-order chi connectivity index (χ1) is 14.9. The summed E-state index contributed by atoms with van der Waals surface area (Å²) in [7, 11) is 1.53. The first-order valence-corrected chi connectivity index (χ1v) is 10.4. The van der Waals surface area contributed by atoms with E-state index in [1.165, 1.54) is 13.2 Å². The molecule has 3 rings (SSSR count). The fourth-order valence-electron chi connectivity index (χ4n) is 2.65. The summed E-state index contributed by atoms with van der Waals surface area (Å²) in [4.78, 5) is 24.3. The lowest BCUT2D eigenvalue weighted by Gasteiger charge is -2.11. The van der Waals surface area contributed by atoms with Crippen LogP contribution < -0.4 is 9.47 Å². The number of carbonyl (C=O) groups is 2. The maximum Gasteiger partial charge on any atom is 0.331 e. The molecule has 0 spiro atoms. The third-order valence-electron chi connectivity index (χ3n) is 4.35. The van der Waals surface area contributed by atoms with Crippen molar-refractivity contribution in [2.24, 2.45) is 0 Å². The van der Waals surface area contributed by atoms with Gasteiger partial charge in [-0.1, -0.05) is 22.8 Å². The van der Waals surface area contributed by atoms with Crippen molar-refractivity contribution in [2.75, 3.05) is 13.7 Å². The molecule has 0 radical (unpaired) electrons. The largest absolute Gasteiger partial charge is 0.493 e. The molecule has 31 heavy (non-hydrogen) atoms. The van der Waals surface area contributed by atoms with Gasteiger partial charge in [-0.05, 0) is 49.8 Å². The number of methoxy groups -OCH3 is 1. The minimum atomic E-state index is -0.631. The zero-order valence-corrected chi connectivity index (χ0v) is 18.7. The molecule has 1 aromatic carbocycles. The highest BCUT2D eigenvalue weighted by molar-refractivity contribution is 7.18. The number of ketones is 1. The molecule has 3 aromatic rings. The first-order valence-electron chi connectivity index (χ1n) is 9.23. The van der Waals surface area contributed by atoms with Gasteiger partial charge in [0.25, 0.3) is 0 Å². The number of hydrogen-bond acceptors (Lipinski definition) is 8. The van der Waals surface area contributed by atoms with Gasteiger partial charge in [0, 0.05) is 6.08 Å². The Balaban J connectivity index is 1.57. The fraction of sp³-hybridized carbons (Fsp3) is 0.227. The fourth-order valence-corrected chi connectivity index (χ4v) is 3.62. The predicted molar refractivity (Wildman–Crippen MR) is 117 cm³/mol. The van der Waals surface area contributed by atoms with Crippen molar-refractivity contribution in [1.29, 1.82) is 0 Å². The molecule has 0 unspecified atom stereocenters. The van der Waals surface area contributed by atoms with E-state index in [2.05, 4.69) is 5.16 Å². The van der Waals surface area contributed by atoms with Crippen molar-refractivity contribution in [3.63, 3.8) is 0 Å². The van der Waals surface area contributed by atoms with E-state index in [4.69, 9.17) is 30.3 Å². The number of aryl methyl sites for hydroxylation is 2. The molecule has 162 valence electrons. The minimum absolute atomic E-state index is 0.294. The van der Waals surface area contributed by atoms with Gasteiger partial charge in [0.05, 0.1) is 27.6 Å². The van der Waals surface area contributed by atoms with Gasteiger partial charge in [0.2, 0.25) is 5.78 Å². The van der Waals surface area contributed by atoms with Crippen molar-refractivity contribution < 1.29 is 28.3 Å². The second-order valence-electron chi connectivity index (χ2n) is 6.47. The van der Waals surface area contributed by atoms with Gasteiger partial charge < -0.3 is 18.7 Å². The van der Waals surface area contributed by atoms with Crippen molar-refractivity contribution in [3.8, 4) is 11.5 Å². The summed E-state index contributed by atoms with van der Waals surface area (Å²) in [6, 6.07) is 8.46. The van der Waals surface area contributed by atoms with E-state index < -0.39 is 5.97 Å². The van der Waals surface area contributed by atoms with Gasteiger partial charge in [-0.15, -0.1) is 11.3 Å². The molecule has 0 saturated carbocycles. The van der Waals surface area contributed by atoms with E-state index in [-0.39, 0.29) is 12.4 Å². The summed E-state index contributed by atoms with van der Waals surface area (Å²) in [5, 5.41) is 3.90. The first kappa shape index (κ1) is 22.6. The Morgan fingerprint density at radius 3 is 2.65 bits per heavy atom. The number of esters is 1. The van der Waals surface area contributed by atoms with E-state index in [1.54, 1.807) is 36.4 Å². The molecular formula is C22H20ClNO6S. The number of thiophene rings is 1. The van der Waals surface area contributed by atoms with Crippen molar-refractivity contribution in [2.45, 2.75) is 20.5 Å². The van der Waals surface area contributed by atoms with Crippen molar-refractivity contribution in [1.82, 2.24) is 5.16 Å². The van der Waals surface area contributed by atoms with Crippen LogP contribution in [-0.2, 0) is 16.1 Å². The van der Waals surface area contributed by atoms with Gasteiger partial charge in [0.15, 0.2) is 18.1 Å². The lowest BCUT2D eigenvalue weighted by molar-refractivity contribution is -0.136. The van der Waals surface area contributed by atoms with Crippen LogP contribution in [0.1, 0.15) is 32.3 Å². The maximum absolute atomic E-state index is 12.0. The molecule has 0 aliphatic heterocycles. The number of aromatic nitrogens is 1. The standard InChI is InChI=1S/C22H20ClNO6S/c1-13-16(14(2)30-24-13)11-28-18-6-4-15(10-19(18)27-3)5-9-22(26)29-12-17(25)20-7-8-21(23)31-20/h4-10H,11-12H2,1-3H3/b9-5+. The normalized spacial score (nSPS) is 11.0. The smallest absolute Gasteiger partial charge is 0.331 e. The van der Waals surface area contributed by atoms with Crippen LogP contribution in [0.3, 0.4) is 0 Å². The molecule has 2 aromatic heterocycles. The number of hydrogen-bond donors (Lipinski definition) is 0. The molecule has 0 saturated heterocycles. The maximum atomic E-state index is 12.0. The molecule has 0 atom stereocenters. The van der Waals surface area contributed by atoms with Crippen LogP contribution in [0.2, 0.25) is 4.34 Å². The van der Waals surface area contributed by atoms with Crippen LogP contribution in [0.4, 0.5) is 0 Å². The average Bonchev–Trinajstić information content (AvgIpc) is 3.34. The number of Topliss-reactive ketones (excluding diaryl/α,β-unsaturated/α-hetero) is 1. The molecule has 2 heterocycles. The molecular weight excluding hydrogens is 442 g/mol. The Kier molecular flexibility index (Phi) is 7.49. The third kappa shape index (κ3) is 5.96. The Labute approximate surface area is 188 Å². The summed E-state index contributed by atoms with van der Waals surface area (Å²) in [6.45, 7) is 3.62. The molecule has 0 aliphatic carbocycles. The van der Waals surface area contributed by atoms with Gasteiger partial charge >= 0.3 is 5.97 Å². The molecule has 7 nitrogen and oxygen atoms in total. The number of benzene rings is 1. The Morgan fingerprint density at radius 2 is 2.00 bits per heavy atom. The number of rotatable bonds is 9. The minimum Gasteiger partial charge on any atom is -0.493 e. The lowest BCUT2D eigenvalue weighted by Crippen LogP contribution is -2.11. The van der Waals surface area contributed by atoms with E-state index in [9.17, 15) is 9.59 Å². The number of carbonyl (C=O) groups excluding carboxylic acids is 2. The van der Waals surface area contributed by atoms with Crippen molar-refractivity contribution in [3.05, 3.63) is 68.2 Å². The van der Waals surface area contributed by atoms with E-state index in [0.29, 0.717) is 38.6 Å². The van der Waals surface area contributed by atoms with E-state index >= 15 is 0 Å². The van der Waals surface area contributed by atoms with E-state index in [0.717, 1.165) is 22.6 Å². The van der Waals surface area contributed by atoms with Gasteiger partial charge in [-0.25, -0.2) is 4.79 Å². The number of halogens is 1. The molecule has 0 N–H and O–H groups in total. The molecule has 0 amide bonds. The predicted octanol–water partition coefficient (Wildman–Crippen LogP) is 5.03. The summed E-state index contributed by atoms with van der Waals surface area (Å²) in [6.07, 6.45) is 2.81. The quantitative estimate of drug-likeness (QED) is 0.251. The summed E-state index contributed by atoms with van der Waals surface area (Å²) >= 11 is 6.94. The summed E-state index contributed by atoms with van der Waals surface area (Å²) in [5.74, 6) is 0.818. The van der Waals surface area contributed by atoms with E-state index in [1.807, 2.05) is 13.8 Å². The molecule has 0 bridgehead atoms. The Morgan fingerprint density at radius 1 is 1.19 bits per heavy atom. The van der Waals surface area contributed by atoms with Crippen LogP contribution in [-0.4, -0.2) is 30.6 Å². The second-order valence-corrected chi connectivity index (χ2v) is 8.18. The average molecular weight is 462 g/mol. The zero-order valence-electron chi connectivity index (χ0n) is 17.1. The van der Waals surface area contributed by atoms with Gasteiger partial charge in [0.1, 0.15) is 12.4 Å². The highest BCUT2D eigenvalue weighted by atomic mass is 35.5. The van der Waals surface area contributed by atoms with Crippen LogP contribution in [0, 0.1) is 13.8 Å². The van der Waals surface area contributed by atoms with Crippen LogP contribution >= 0.6 is 22.9 Å². The lowest BCUT2D eigenvalue weighted by atomic mass is 10.2.